The second-order valence-electron chi connectivity index (χ2n) is 5.82. The summed E-state index contributed by atoms with van der Waals surface area (Å²) >= 11 is 0. The number of carboxylic acid groups (broad SMARTS) is 4. The molecule has 0 aliphatic rings. The van der Waals surface area contributed by atoms with Crippen molar-refractivity contribution in [3.63, 3.8) is 0 Å². The van der Waals surface area contributed by atoms with Gasteiger partial charge in [-0.3, -0.25) is 0 Å². The van der Waals surface area contributed by atoms with Crippen LogP contribution >= 0.6 is 0 Å². The van der Waals surface area contributed by atoms with Crippen LogP contribution in [0.1, 0.15) is 90.9 Å². The molecule has 0 bridgehead atoms. The summed E-state index contributed by atoms with van der Waals surface area (Å²) in [6, 6.07) is 0. The van der Waals surface area contributed by atoms with E-state index < -0.39 is 24.2 Å². The van der Waals surface area contributed by atoms with Gasteiger partial charge in [-0.1, -0.05) is 65.2 Å². The average molecular weight is 444 g/mol. The van der Waals surface area contributed by atoms with Gasteiger partial charge in [0.15, 0.2) is 0 Å². The van der Waals surface area contributed by atoms with E-state index >= 15 is 0 Å². The van der Waals surface area contributed by atoms with Crippen molar-refractivity contribution in [1.82, 2.24) is 0 Å². The molecule has 0 radical (unpaired) electrons. The van der Waals surface area contributed by atoms with Crippen LogP contribution in [0.4, 0.5) is 9.59 Å². The lowest BCUT2D eigenvalue weighted by atomic mass is 10.1. The van der Waals surface area contributed by atoms with Crippen LogP contribution in [0.5, 0.6) is 0 Å². The molecule has 0 aliphatic carbocycles. The van der Waals surface area contributed by atoms with Crippen LogP contribution in [0.25, 0.3) is 0 Å². The van der Waals surface area contributed by atoms with Gasteiger partial charge < -0.3 is 30.2 Å². The van der Waals surface area contributed by atoms with E-state index in [0.29, 0.717) is 12.8 Å². The van der Waals surface area contributed by atoms with E-state index in [-0.39, 0.29) is 0 Å². The normalized spacial score (nSPS) is 8.67. The Hall–Kier alpha value is -2.60. The first kappa shape index (κ1) is 34.9. The quantitative estimate of drug-likeness (QED) is 0.131. The number of carbonyl (C=O) groups is 4. The van der Waals surface area contributed by atoms with Crippen LogP contribution in [-0.2, 0) is 19.4 Å². The Kier molecular flexibility index (Phi) is 36.2. The van der Waals surface area contributed by atoms with Gasteiger partial charge in [0.1, 0.15) is 0 Å². The van der Waals surface area contributed by atoms with Gasteiger partial charge in [-0.2, -0.15) is 10.5 Å². The third-order valence-corrected chi connectivity index (χ3v) is 3.17. The van der Waals surface area contributed by atoms with Crippen molar-refractivity contribution < 1.29 is 59.9 Å². The Labute approximate surface area is 175 Å². The highest BCUT2D eigenvalue weighted by Gasteiger charge is 2.00. The first-order chi connectivity index (χ1) is 14.1. The highest BCUT2D eigenvalue weighted by molar-refractivity contribution is 5.68. The van der Waals surface area contributed by atoms with Crippen molar-refractivity contribution in [2.45, 2.75) is 90.9 Å². The third-order valence-electron chi connectivity index (χ3n) is 3.17. The summed E-state index contributed by atoms with van der Waals surface area (Å²) in [4.78, 5) is 44.9. The lowest BCUT2D eigenvalue weighted by Crippen LogP contribution is -1.99. The van der Waals surface area contributed by atoms with Crippen LogP contribution in [0.2, 0.25) is 0 Å². The monoisotopic (exact) mass is 444 g/mol. The molecule has 0 aliphatic heterocycles. The molecule has 6 N–H and O–H groups in total. The molecular weight excluding hydrogens is 408 g/mol. The van der Waals surface area contributed by atoms with Crippen molar-refractivity contribution in [3.05, 3.63) is 0 Å². The zero-order valence-corrected chi connectivity index (χ0v) is 17.6. The van der Waals surface area contributed by atoms with Gasteiger partial charge in [0.2, 0.25) is 0 Å². The number of rotatable bonds is 12. The lowest BCUT2D eigenvalue weighted by Gasteiger charge is -1.96. The molecule has 30 heavy (non-hydrogen) atoms. The van der Waals surface area contributed by atoms with Gasteiger partial charge in [0, 0.05) is 12.8 Å². The van der Waals surface area contributed by atoms with E-state index in [9.17, 15) is 9.59 Å². The molecule has 0 rings (SSSR count). The number of hydrogen-bond donors (Lipinski definition) is 6. The second-order valence-corrected chi connectivity index (χ2v) is 5.82. The van der Waals surface area contributed by atoms with Crippen molar-refractivity contribution in [3.8, 4) is 0 Å². The Morgan fingerprint density at radius 3 is 0.967 bits per heavy atom. The van der Waals surface area contributed by atoms with E-state index in [2.05, 4.69) is 23.6 Å². The molecule has 0 aromatic rings. The minimum atomic E-state index is -1.83. The van der Waals surface area contributed by atoms with Crippen molar-refractivity contribution in [1.29, 1.82) is 0 Å². The zero-order valence-electron chi connectivity index (χ0n) is 17.6. The summed E-state index contributed by atoms with van der Waals surface area (Å²) in [5, 5.41) is 43.7. The summed E-state index contributed by atoms with van der Waals surface area (Å²) < 4.78 is 0. The van der Waals surface area contributed by atoms with Crippen LogP contribution in [0.15, 0.2) is 0 Å². The van der Waals surface area contributed by atoms with Gasteiger partial charge in [-0.15, -0.1) is 0 Å². The fourth-order valence-corrected chi connectivity index (χ4v) is 1.84. The summed E-state index contributed by atoms with van der Waals surface area (Å²) in [6.07, 6.45) is 7.88. The molecule has 0 atom stereocenters. The second kappa shape index (κ2) is 31.1. The van der Waals surface area contributed by atoms with Crippen LogP contribution in [-0.4, -0.2) is 55.2 Å². The van der Waals surface area contributed by atoms with Gasteiger partial charge in [0.05, 0.1) is 0 Å². The zero-order chi connectivity index (χ0) is 24.2. The summed E-state index contributed by atoms with van der Waals surface area (Å²) in [5.74, 6) is -1.05. The molecule has 0 saturated carbocycles. The molecule has 0 aromatic heterocycles. The molecule has 0 amide bonds. The molecular formula is C18H36O12. The minimum Gasteiger partial charge on any atom is -0.450 e. The maximum atomic E-state index is 10.4. The fourth-order valence-electron chi connectivity index (χ4n) is 1.84. The van der Waals surface area contributed by atoms with Gasteiger partial charge in [-0.05, 0) is 12.8 Å². The largest absolute Gasteiger partial charge is 0.503 e. The van der Waals surface area contributed by atoms with Gasteiger partial charge in [-0.25, -0.2) is 19.2 Å². The van der Waals surface area contributed by atoms with Crippen LogP contribution in [0, 0.1) is 0 Å². The van der Waals surface area contributed by atoms with Crippen LogP contribution in [0.3, 0.4) is 0 Å². The van der Waals surface area contributed by atoms with Gasteiger partial charge >= 0.3 is 24.2 Å². The van der Waals surface area contributed by atoms with E-state index in [4.69, 9.17) is 40.5 Å². The molecule has 0 spiro atoms. The first-order valence-corrected chi connectivity index (χ1v) is 9.61. The molecule has 0 fully saturated rings. The summed E-state index contributed by atoms with van der Waals surface area (Å²) in [5.41, 5.74) is 0. The Morgan fingerprint density at radius 2 is 0.767 bits per heavy atom. The predicted octanol–water partition coefficient (Wildman–Crippen LogP) is 5.17. The molecule has 0 heterocycles. The molecule has 0 saturated heterocycles. The Bertz CT molecular complexity index is 366. The van der Waals surface area contributed by atoms with E-state index in [1.54, 1.807) is 0 Å². The molecule has 12 heteroatoms. The van der Waals surface area contributed by atoms with E-state index in [0.717, 1.165) is 38.5 Å². The minimum absolute atomic E-state index is 0.334. The molecule has 12 nitrogen and oxygen atoms in total. The summed E-state index contributed by atoms with van der Waals surface area (Å²) in [7, 11) is 0. The number of unbranched alkanes of at least 4 members (excludes halogenated alkanes) is 8. The molecule has 0 unspecified atom stereocenters. The van der Waals surface area contributed by atoms with Gasteiger partial charge in [0.25, 0.3) is 0 Å². The highest BCUT2D eigenvalue weighted by atomic mass is 17.1. The smallest absolute Gasteiger partial charge is 0.450 e. The standard InChI is InChI=1S/2C8H16O3.2CH2O3/c2*1-2-3-4-5-6-7-8(9)11-10;2*2-1(3)4/h2*10H,2-7H2,1H3;2*(H2,2,3,4). The van der Waals surface area contributed by atoms with Crippen molar-refractivity contribution in [2.24, 2.45) is 0 Å². The SMILES string of the molecule is CCCCCCCC(=O)OO.CCCCCCCC(=O)OO.O=C(O)O.O=C(O)O. The maximum Gasteiger partial charge on any atom is 0.503 e. The Balaban J connectivity index is -0.000000167. The Morgan fingerprint density at radius 1 is 0.533 bits per heavy atom. The molecule has 0 aromatic carbocycles. The fraction of sp³-hybridized carbons (Fsp3) is 0.778. The average Bonchev–Trinajstić information content (AvgIpc) is 2.67. The van der Waals surface area contributed by atoms with Crippen LogP contribution < -0.4 is 0 Å². The van der Waals surface area contributed by atoms with Crippen molar-refractivity contribution >= 4 is 24.2 Å². The number of carbonyl (C=O) groups excluding carboxylic acids is 2. The topological polar surface area (TPSA) is 208 Å². The lowest BCUT2D eigenvalue weighted by molar-refractivity contribution is -0.234. The first-order valence-electron chi connectivity index (χ1n) is 9.61. The van der Waals surface area contributed by atoms with E-state index in [1.807, 2.05) is 0 Å². The van der Waals surface area contributed by atoms with E-state index in [1.165, 1.54) is 25.7 Å². The third kappa shape index (κ3) is 63.8. The predicted molar refractivity (Wildman–Crippen MR) is 106 cm³/mol. The summed E-state index contributed by atoms with van der Waals surface area (Å²) in [6.45, 7) is 4.28. The van der Waals surface area contributed by atoms with Crippen molar-refractivity contribution in [2.75, 3.05) is 0 Å². The maximum absolute atomic E-state index is 10.4. The number of hydrogen-bond acceptors (Lipinski definition) is 8. The highest BCUT2D eigenvalue weighted by Crippen LogP contribution is 2.05. The molecule has 180 valence electrons.